The molecular weight excluding hydrogens is 344 g/mol. The van der Waals surface area contributed by atoms with Crippen molar-refractivity contribution in [3.8, 4) is 0 Å². The van der Waals surface area contributed by atoms with Gasteiger partial charge in [-0.1, -0.05) is 0 Å². The van der Waals surface area contributed by atoms with Crippen LogP contribution in [0.2, 0.25) is 0 Å². The SMILES string of the molecule is CC(OCC(=O)CSCCSCC(=O)COC(C)C1CC1)C1CC1. The van der Waals surface area contributed by atoms with Crippen LogP contribution in [0, 0.1) is 11.8 Å². The van der Waals surface area contributed by atoms with Crippen LogP contribution < -0.4 is 0 Å². The molecule has 0 aromatic carbocycles. The van der Waals surface area contributed by atoms with E-state index in [1.165, 1.54) is 25.7 Å². The van der Waals surface area contributed by atoms with E-state index < -0.39 is 0 Å². The molecule has 2 saturated carbocycles. The van der Waals surface area contributed by atoms with Gasteiger partial charge in [0.25, 0.3) is 0 Å². The van der Waals surface area contributed by atoms with Crippen molar-refractivity contribution in [1.29, 1.82) is 0 Å². The molecule has 2 fully saturated rings. The van der Waals surface area contributed by atoms with E-state index in [-0.39, 0.29) is 37.0 Å². The van der Waals surface area contributed by atoms with Gasteiger partial charge >= 0.3 is 0 Å². The highest BCUT2D eigenvalue weighted by molar-refractivity contribution is 8.03. The lowest BCUT2D eigenvalue weighted by Gasteiger charge is -2.11. The molecule has 0 spiro atoms. The molecular formula is C18H30O4S2. The zero-order valence-corrected chi connectivity index (χ0v) is 16.5. The minimum absolute atomic E-state index is 0.163. The number of carbonyl (C=O) groups is 2. The number of rotatable bonds is 15. The maximum Gasteiger partial charge on any atom is 0.168 e. The van der Waals surface area contributed by atoms with Crippen molar-refractivity contribution in [2.75, 3.05) is 36.2 Å². The Labute approximate surface area is 154 Å². The number of carbonyl (C=O) groups excluding carboxylic acids is 2. The number of ether oxygens (including phenoxy) is 2. The third-order valence-electron chi connectivity index (χ3n) is 4.48. The molecule has 2 aliphatic carbocycles. The topological polar surface area (TPSA) is 52.6 Å². The summed E-state index contributed by atoms with van der Waals surface area (Å²) in [6.45, 7) is 4.60. The highest BCUT2D eigenvalue weighted by Gasteiger charge is 2.29. The first-order valence-corrected chi connectivity index (χ1v) is 11.3. The molecule has 0 N–H and O–H groups in total. The van der Waals surface area contributed by atoms with Gasteiger partial charge in [0, 0.05) is 11.5 Å². The summed E-state index contributed by atoms with van der Waals surface area (Å²) >= 11 is 3.25. The molecule has 2 atom stereocenters. The fourth-order valence-electron chi connectivity index (χ4n) is 2.43. The number of ketones is 2. The van der Waals surface area contributed by atoms with Gasteiger partial charge in [-0.15, -0.1) is 0 Å². The van der Waals surface area contributed by atoms with Crippen LogP contribution in [0.4, 0.5) is 0 Å². The molecule has 6 heteroatoms. The van der Waals surface area contributed by atoms with E-state index in [4.69, 9.17) is 9.47 Å². The lowest BCUT2D eigenvalue weighted by Crippen LogP contribution is -2.19. The predicted octanol–water partition coefficient (Wildman–Crippen LogP) is 3.22. The predicted molar refractivity (Wildman–Crippen MR) is 101 cm³/mol. The van der Waals surface area contributed by atoms with E-state index >= 15 is 0 Å². The van der Waals surface area contributed by atoms with Crippen LogP contribution in [0.1, 0.15) is 39.5 Å². The Kier molecular flexibility index (Phi) is 9.16. The first-order chi connectivity index (χ1) is 11.6. The molecule has 24 heavy (non-hydrogen) atoms. The Morgan fingerprint density at radius 1 is 0.833 bits per heavy atom. The van der Waals surface area contributed by atoms with Crippen molar-refractivity contribution in [2.45, 2.75) is 51.7 Å². The Morgan fingerprint density at radius 2 is 1.21 bits per heavy atom. The molecule has 0 heterocycles. The molecule has 2 unspecified atom stereocenters. The maximum atomic E-state index is 11.7. The Balaban J connectivity index is 1.36. The van der Waals surface area contributed by atoms with Crippen LogP contribution in [0.3, 0.4) is 0 Å². The first kappa shape index (κ1) is 20.3. The van der Waals surface area contributed by atoms with E-state index in [0.717, 1.165) is 11.5 Å². The van der Waals surface area contributed by atoms with E-state index in [2.05, 4.69) is 13.8 Å². The fraction of sp³-hybridized carbons (Fsp3) is 0.889. The van der Waals surface area contributed by atoms with Crippen molar-refractivity contribution in [3.63, 3.8) is 0 Å². The largest absolute Gasteiger partial charge is 0.370 e. The average Bonchev–Trinajstić information content (AvgIpc) is 3.44. The van der Waals surface area contributed by atoms with E-state index in [9.17, 15) is 9.59 Å². The van der Waals surface area contributed by atoms with Crippen molar-refractivity contribution >= 4 is 35.1 Å². The quantitative estimate of drug-likeness (QED) is 0.410. The van der Waals surface area contributed by atoms with Crippen LogP contribution in [-0.2, 0) is 19.1 Å². The average molecular weight is 375 g/mol. The summed E-state index contributed by atoms with van der Waals surface area (Å²) in [6.07, 6.45) is 5.42. The second-order valence-corrected chi connectivity index (χ2v) is 9.10. The van der Waals surface area contributed by atoms with E-state index in [0.29, 0.717) is 23.3 Å². The van der Waals surface area contributed by atoms with Crippen LogP contribution in [0.15, 0.2) is 0 Å². The lowest BCUT2D eigenvalue weighted by atomic mass is 10.3. The number of hydrogen-bond donors (Lipinski definition) is 0. The molecule has 2 rings (SSSR count). The van der Waals surface area contributed by atoms with Crippen LogP contribution in [-0.4, -0.2) is 60.0 Å². The Bertz CT molecular complexity index is 370. The van der Waals surface area contributed by atoms with E-state index in [1.54, 1.807) is 23.5 Å². The summed E-state index contributed by atoms with van der Waals surface area (Å²) < 4.78 is 11.2. The van der Waals surface area contributed by atoms with Gasteiger partial charge in [0.1, 0.15) is 13.2 Å². The standard InChI is InChI=1S/C18H30O4S2/c1-13(15-3-4-15)21-9-17(19)11-23-7-8-24-12-18(20)10-22-14(2)16-5-6-16/h13-16H,3-12H2,1-2H3. The first-order valence-electron chi connectivity index (χ1n) is 8.98. The van der Waals surface area contributed by atoms with Gasteiger partial charge in [-0.2, -0.15) is 23.5 Å². The molecule has 0 amide bonds. The fourth-order valence-corrected chi connectivity index (χ4v) is 4.28. The zero-order valence-electron chi connectivity index (χ0n) is 14.8. The second-order valence-electron chi connectivity index (χ2n) is 6.89. The highest BCUT2D eigenvalue weighted by Crippen LogP contribution is 2.34. The normalized spacial score (nSPS) is 19.9. The Hall–Kier alpha value is -0.0400. The van der Waals surface area contributed by atoms with Gasteiger partial charge in [-0.3, -0.25) is 9.59 Å². The van der Waals surface area contributed by atoms with Gasteiger partial charge in [0.2, 0.25) is 0 Å². The Morgan fingerprint density at radius 3 is 1.54 bits per heavy atom. The summed E-state index contributed by atoms with van der Waals surface area (Å²) in [5.41, 5.74) is 0. The third-order valence-corrected chi connectivity index (χ3v) is 6.78. The molecule has 0 radical (unpaired) electrons. The zero-order chi connectivity index (χ0) is 17.4. The smallest absolute Gasteiger partial charge is 0.168 e. The molecule has 138 valence electrons. The minimum atomic E-state index is 0.163. The molecule has 0 aromatic rings. The summed E-state index contributed by atoms with van der Waals surface area (Å²) in [6, 6.07) is 0. The van der Waals surface area contributed by atoms with Crippen LogP contribution in [0.25, 0.3) is 0 Å². The summed E-state index contributed by atoms with van der Waals surface area (Å²) in [7, 11) is 0. The molecule has 0 aliphatic heterocycles. The van der Waals surface area contributed by atoms with Gasteiger partial charge in [0.05, 0.1) is 23.7 Å². The number of thioether (sulfide) groups is 2. The minimum Gasteiger partial charge on any atom is -0.370 e. The van der Waals surface area contributed by atoms with Crippen LogP contribution in [0.5, 0.6) is 0 Å². The third kappa shape index (κ3) is 8.88. The second kappa shape index (κ2) is 10.8. The van der Waals surface area contributed by atoms with Gasteiger partial charge < -0.3 is 9.47 Å². The van der Waals surface area contributed by atoms with Gasteiger partial charge in [-0.25, -0.2) is 0 Å². The van der Waals surface area contributed by atoms with E-state index in [1.807, 2.05) is 0 Å². The molecule has 0 bridgehead atoms. The van der Waals surface area contributed by atoms with Crippen molar-refractivity contribution in [2.24, 2.45) is 11.8 Å². The monoisotopic (exact) mass is 374 g/mol. The summed E-state index contributed by atoms with van der Waals surface area (Å²) in [4.78, 5) is 23.4. The molecule has 0 saturated heterocycles. The van der Waals surface area contributed by atoms with Crippen molar-refractivity contribution < 1.29 is 19.1 Å². The number of Topliss-reactive ketones (excluding diaryl/α,β-unsaturated/α-hetero) is 2. The van der Waals surface area contributed by atoms with Gasteiger partial charge in [0.15, 0.2) is 11.6 Å². The van der Waals surface area contributed by atoms with Crippen molar-refractivity contribution in [3.05, 3.63) is 0 Å². The van der Waals surface area contributed by atoms with Gasteiger partial charge in [-0.05, 0) is 51.4 Å². The molecule has 0 aromatic heterocycles. The highest BCUT2D eigenvalue weighted by atomic mass is 32.2. The van der Waals surface area contributed by atoms with Crippen molar-refractivity contribution in [1.82, 2.24) is 0 Å². The lowest BCUT2D eigenvalue weighted by molar-refractivity contribution is -0.123. The number of hydrogen-bond acceptors (Lipinski definition) is 6. The maximum absolute atomic E-state index is 11.7. The summed E-state index contributed by atoms with van der Waals surface area (Å²) in [5.74, 6) is 4.47. The molecule has 4 nitrogen and oxygen atoms in total. The summed E-state index contributed by atoms with van der Waals surface area (Å²) in [5, 5.41) is 0. The van der Waals surface area contributed by atoms with Crippen LogP contribution >= 0.6 is 23.5 Å². The molecule has 2 aliphatic rings.